The van der Waals surface area contributed by atoms with E-state index in [2.05, 4.69) is 29.4 Å². The van der Waals surface area contributed by atoms with E-state index in [4.69, 9.17) is 28.6 Å². The van der Waals surface area contributed by atoms with Gasteiger partial charge in [-0.1, -0.05) is 49.7 Å². The van der Waals surface area contributed by atoms with Crippen molar-refractivity contribution in [3.63, 3.8) is 0 Å². The second-order valence-electron chi connectivity index (χ2n) is 9.78. The van der Waals surface area contributed by atoms with Gasteiger partial charge < -0.3 is 19.9 Å². The molecule has 0 aromatic heterocycles. The molecule has 7 nitrogen and oxygen atoms in total. The second-order valence-corrected chi connectivity index (χ2v) is 10.6. The summed E-state index contributed by atoms with van der Waals surface area (Å²) < 4.78 is 4.79. The maximum atomic E-state index is 13.5. The Bertz CT molecular complexity index is 1100. The minimum absolute atomic E-state index is 0.124. The molecule has 1 amide bonds. The van der Waals surface area contributed by atoms with Crippen LogP contribution in [0.15, 0.2) is 48.5 Å². The van der Waals surface area contributed by atoms with E-state index < -0.39 is 5.66 Å². The molecule has 1 unspecified atom stereocenters. The lowest BCUT2D eigenvalue weighted by molar-refractivity contribution is -0.134. The first-order chi connectivity index (χ1) is 17.2. The first-order valence-electron chi connectivity index (χ1n) is 12.3. The third-order valence-corrected chi connectivity index (χ3v) is 7.74. The van der Waals surface area contributed by atoms with Crippen LogP contribution >= 0.6 is 23.8 Å². The highest BCUT2D eigenvalue weighted by Gasteiger charge is 2.52. The van der Waals surface area contributed by atoms with Crippen LogP contribution in [0.25, 0.3) is 0 Å². The number of esters is 1. The van der Waals surface area contributed by atoms with Crippen molar-refractivity contribution in [3.8, 4) is 0 Å². The lowest BCUT2D eigenvalue weighted by Crippen LogP contribution is -2.60. The van der Waals surface area contributed by atoms with Crippen LogP contribution in [0.3, 0.4) is 0 Å². The number of benzene rings is 2. The minimum atomic E-state index is -0.421. The van der Waals surface area contributed by atoms with E-state index in [0.717, 1.165) is 42.2 Å². The standard InChI is InChI=1S/C27H33ClN4O3S/c1-18(2)23-24(33)32(17-20-4-8-21(9-5-20)25(34)35-3)27(30-23)12-14-31(15-13-27)26(36)29-16-19-6-10-22(28)11-7-19/h4-11,18,23,30H,12-17H2,1-3H3,(H,29,36). The molecular weight excluding hydrogens is 496 g/mol. The van der Waals surface area contributed by atoms with Crippen LogP contribution in [-0.2, 0) is 22.6 Å². The Labute approximate surface area is 223 Å². The fourth-order valence-corrected chi connectivity index (χ4v) is 5.30. The zero-order chi connectivity index (χ0) is 25.9. The number of likely N-dealkylation sites (tertiary alicyclic amines) is 1. The summed E-state index contributed by atoms with van der Waals surface area (Å²) in [4.78, 5) is 29.4. The molecule has 2 aliphatic heterocycles. The van der Waals surface area contributed by atoms with Gasteiger partial charge in [0.05, 0.1) is 24.4 Å². The summed E-state index contributed by atoms with van der Waals surface area (Å²) >= 11 is 11.7. The molecular formula is C27H33ClN4O3S. The zero-order valence-corrected chi connectivity index (χ0v) is 22.5. The first kappa shape index (κ1) is 26.4. The molecule has 1 atom stereocenters. The van der Waals surface area contributed by atoms with E-state index in [1.807, 2.05) is 41.3 Å². The molecule has 2 aromatic rings. The van der Waals surface area contributed by atoms with Crippen molar-refractivity contribution in [2.75, 3.05) is 20.2 Å². The number of halogens is 1. The van der Waals surface area contributed by atoms with E-state index >= 15 is 0 Å². The summed E-state index contributed by atoms with van der Waals surface area (Å²) in [6.45, 7) is 6.75. The number of ether oxygens (including phenoxy) is 1. The summed E-state index contributed by atoms with van der Waals surface area (Å²) in [5, 5.41) is 8.47. The fourth-order valence-electron chi connectivity index (χ4n) is 4.92. The monoisotopic (exact) mass is 528 g/mol. The van der Waals surface area contributed by atoms with Gasteiger partial charge in [-0.05, 0) is 53.5 Å². The SMILES string of the molecule is COC(=O)c1ccc(CN2C(=O)C(C(C)C)NC23CCN(C(=S)NCc2ccc(Cl)cc2)CC3)cc1. The number of hydrogen-bond acceptors (Lipinski definition) is 5. The van der Waals surface area contributed by atoms with Crippen molar-refractivity contribution < 1.29 is 14.3 Å². The van der Waals surface area contributed by atoms with Gasteiger partial charge in [-0.25, -0.2) is 4.79 Å². The summed E-state index contributed by atoms with van der Waals surface area (Å²) in [5.74, 6) is -0.0648. The highest BCUT2D eigenvalue weighted by molar-refractivity contribution is 7.80. The Balaban J connectivity index is 1.42. The number of piperidine rings is 1. The number of carbonyl (C=O) groups excluding carboxylic acids is 2. The highest BCUT2D eigenvalue weighted by atomic mass is 35.5. The minimum Gasteiger partial charge on any atom is -0.465 e. The number of carbonyl (C=O) groups is 2. The summed E-state index contributed by atoms with van der Waals surface area (Å²) in [7, 11) is 1.37. The third kappa shape index (κ3) is 5.66. The average Bonchev–Trinajstić information content (AvgIpc) is 3.15. The van der Waals surface area contributed by atoms with Gasteiger partial charge in [-0.2, -0.15) is 0 Å². The lowest BCUT2D eigenvalue weighted by atomic mass is 9.95. The van der Waals surface area contributed by atoms with Crippen LogP contribution in [0.2, 0.25) is 5.02 Å². The zero-order valence-electron chi connectivity index (χ0n) is 20.9. The van der Waals surface area contributed by atoms with E-state index in [1.54, 1.807) is 12.1 Å². The molecule has 2 heterocycles. The molecule has 1 spiro atoms. The first-order valence-corrected chi connectivity index (χ1v) is 13.0. The molecule has 2 N–H and O–H groups in total. The van der Waals surface area contributed by atoms with Gasteiger partial charge in [0.25, 0.3) is 0 Å². The predicted molar refractivity (Wildman–Crippen MR) is 145 cm³/mol. The number of hydrogen-bond donors (Lipinski definition) is 2. The smallest absolute Gasteiger partial charge is 0.337 e. The Hall–Kier alpha value is -2.68. The predicted octanol–water partition coefficient (Wildman–Crippen LogP) is 3.95. The van der Waals surface area contributed by atoms with E-state index in [9.17, 15) is 9.59 Å². The number of amides is 1. The molecule has 4 rings (SSSR count). The molecule has 0 saturated carbocycles. The van der Waals surface area contributed by atoms with Crippen LogP contribution < -0.4 is 10.6 Å². The molecule has 2 fully saturated rings. The molecule has 0 radical (unpaired) electrons. The molecule has 2 saturated heterocycles. The summed E-state index contributed by atoms with van der Waals surface area (Å²) in [6.07, 6.45) is 1.54. The Morgan fingerprint density at radius 2 is 1.75 bits per heavy atom. The molecule has 192 valence electrons. The van der Waals surface area contributed by atoms with Crippen LogP contribution in [0, 0.1) is 5.92 Å². The normalized spacial score (nSPS) is 19.1. The molecule has 0 bridgehead atoms. The van der Waals surface area contributed by atoms with Crippen LogP contribution in [0.5, 0.6) is 0 Å². The van der Waals surface area contributed by atoms with Crippen molar-refractivity contribution in [2.45, 2.75) is 51.5 Å². The lowest BCUT2D eigenvalue weighted by Gasteiger charge is -2.45. The van der Waals surface area contributed by atoms with Gasteiger partial charge in [-0.15, -0.1) is 0 Å². The van der Waals surface area contributed by atoms with Crippen molar-refractivity contribution in [3.05, 3.63) is 70.2 Å². The number of rotatable bonds is 6. The number of nitrogens with one attached hydrogen (secondary N) is 2. The van der Waals surface area contributed by atoms with Crippen LogP contribution in [0.4, 0.5) is 0 Å². The van der Waals surface area contributed by atoms with E-state index in [0.29, 0.717) is 23.7 Å². The highest BCUT2D eigenvalue weighted by Crippen LogP contribution is 2.35. The van der Waals surface area contributed by atoms with Crippen molar-refractivity contribution >= 4 is 40.8 Å². The van der Waals surface area contributed by atoms with Crippen molar-refractivity contribution in [2.24, 2.45) is 5.92 Å². The fraction of sp³-hybridized carbons (Fsp3) is 0.444. The Kier molecular flexibility index (Phi) is 8.17. The number of thiocarbonyl (C=S) groups is 1. The Morgan fingerprint density at radius 3 is 2.33 bits per heavy atom. The largest absolute Gasteiger partial charge is 0.465 e. The van der Waals surface area contributed by atoms with Crippen molar-refractivity contribution in [1.29, 1.82) is 0 Å². The Morgan fingerprint density at radius 1 is 1.14 bits per heavy atom. The number of methoxy groups -OCH3 is 1. The van der Waals surface area contributed by atoms with E-state index in [1.165, 1.54) is 7.11 Å². The van der Waals surface area contributed by atoms with Gasteiger partial charge in [0.15, 0.2) is 5.11 Å². The summed E-state index contributed by atoms with van der Waals surface area (Å²) in [5.41, 5.74) is 2.16. The average molecular weight is 529 g/mol. The molecule has 2 aliphatic rings. The quantitative estimate of drug-likeness (QED) is 0.434. The van der Waals surface area contributed by atoms with Crippen LogP contribution in [-0.4, -0.2) is 58.7 Å². The maximum Gasteiger partial charge on any atom is 0.337 e. The van der Waals surface area contributed by atoms with Crippen molar-refractivity contribution in [1.82, 2.24) is 20.4 Å². The maximum absolute atomic E-state index is 13.5. The van der Waals surface area contributed by atoms with Gasteiger partial charge in [0.1, 0.15) is 0 Å². The number of nitrogens with zero attached hydrogens (tertiary/aromatic N) is 2. The molecule has 0 aliphatic carbocycles. The van der Waals surface area contributed by atoms with Crippen LogP contribution in [0.1, 0.15) is 48.2 Å². The van der Waals surface area contributed by atoms with E-state index in [-0.39, 0.29) is 23.8 Å². The van der Waals surface area contributed by atoms with Gasteiger partial charge in [-0.3, -0.25) is 10.1 Å². The third-order valence-electron chi connectivity index (χ3n) is 7.09. The van der Waals surface area contributed by atoms with Gasteiger partial charge in [0.2, 0.25) is 5.91 Å². The van der Waals surface area contributed by atoms with Gasteiger partial charge >= 0.3 is 5.97 Å². The summed E-state index contributed by atoms with van der Waals surface area (Å²) in [6, 6.07) is 14.8. The molecule has 36 heavy (non-hydrogen) atoms. The topological polar surface area (TPSA) is 73.9 Å². The second kappa shape index (κ2) is 11.2. The van der Waals surface area contributed by atoms with Gasteiger partial charge in [0, 0.05) is 44.0 Å². The molecule has 2 aromatic carbocycles. The molecule has 9 heteroatoms.